The molecular formula is C87H140NO8P. The third-order valence-electron chi connectivity index (χ3n) is 15.7. The van der Waals surface area contributed by atoms with Gasteiger partial charge >= 0.3 is 19.8 Å². The molecule has 9 nitrogen and oxygen atoms in total. The van der Waals surface area contributed by atoms with E-state index in [9.17, 15) is 19.0 Å². The lowest BCUT2D eigenvalue weighted by Crippen LogP contribution is -2.29. The topological polar surface area (TPSA) is 134 Å². The number of carbonyl (C=O) groups is 2. The van der Waals surface area contributed by atoms with Crippen LogP contribution in [-0.2, 0) is 32.7 Å². The number of phosphoric ester groups is 1. The summed E-state index contributed by atoms with van der Waals surface area (Å²) in [7, 11) is -4.41. The molecule has 0 radical (unpaired) electrons. The summed E-state index contributed by atoms with van der Waals surface area (Å²) < 4.78 is 33.2. The van der Waals surface area contributed by atoms with E-state index in [1.807, 2.05) is 0 Å². The molecule has 0 bridgehead atoms. The fourth-order valence-electron chi connectivity index (χ4n) is 10.1. The van der Waals surface area contributed by atoms with Crippen LogP contribution in [0.2, 0.25) is 0 Å². The Bertz CT molecular complexity index is 2350. The third kappa shape index (κ3) is 79.5. The van der Waals surface area contributed by atoms with E-state index in [4.69, 9.17) is 24.3 Å². The minimum Gasteiger partial charge on any atom is -0.462 e. The van der Waals surface area contributed by atoms with Gasteiger partial charge in [0.2, 0.25) is 0 Å². The maximum Gasteiger partial charge on any atom is 0.472 e. The Morgan fingerprint density at radius 1 is 0.309 bits per heavy atom. The van der Waals surface area contributed by atoms with Gasteiger partial charge in [-0.3, -0.25) is 18.6 Å². The van der Waals surface area contributed by atoms with Gasteiger partial charge in [0.15, 0.2) is 6.10 Å². The summed E-state index contributed by atoms with van der Waals surface area (Å²) in [6.45, 7) is 3.50. The van der Waals surface area contributed by atoms with Gasteiger partial charge in [0.25, 0.3) is 0 Å². The van der Waals surface area contributed by atoms with E-state index in [-0.39, 0.29) is 38.6 Å². The second-order valence-corrected chi connectivity index (χ2v) is 26.2. The van der Waals surface area contributed by atoms with Crippen molar-refractivity contribution in [3.8, 4) is 0 Å². The van der Waals surface area contributed by atoms with Crippen molar-refractivity contribution >= 4 is 19.8 Å². The number of phosphoric acid groups is 1. The first-order valence-electron chi connectivity index (χ1n) is 38.6. The molecule has 0 aliphatic rings. The molecule has 2 unspecified atom stereocenters. The third-order valence-corrected chi connectivity index (χ3v) is 16.6. The molecule has 0 aromatic carbocycles. The smallest absolute Gasteiger partial charge is 0.462 e. The zero-order chi connectivity index (χ0) is 70.0. The van der Waals surface area contributed by atoms with Gasteiger partial charge < -0.3 is 20.1 Å². The van der Waals surface area contributed by atoms with Gasteiger partial charge in [0.1, 0.15) is 6.61 Å². The maximum atomic E-state index is 12.8. The summed E-state index contributed by atoms with van der Waals surface area (Å²) in [6.07, 6.45) is 122. The van der Waals surface area contributed by atoms with E-state index < -0.39 is 26.5 Å². The van der Waals surface area contributed by atoms with Gasteiger partial charge in [-0.25, -0.2) is 4.57 Å². The Morgan fingerprint density at radius 3 is 0.794 bits per heavy atom. The molecule has 0 aromatic heterocycles. The molecule has 0 saturated carbocycles. The van der Waals surface area contributed by atoms with Crippen molar-refractivity contribution in [2.75, 3.05) is 26.4 Å². The van der Waals surface area contributed by atoms with E-state index in [0.717, 1.165) is 161 Å². The molecule has 3 N–H and O–H groups in total. The molecule has 2 atom stereocenters. The largest absolute Gasteiger partial charge is 0.472 e. The first-order chi connectivity index (χ1) is 47.8. The number of esters is 2. The maximum absolute atomic E-state index is 12.8. The van der Waals surface area contributed by atoms with Crippen LogP contribution < -0.4 is 5.73 Å². The second-order valence-electron chi connectivity index (χ2n) is 24.8. The van der Waals surface area contributed by atoms with Crippen LogP contribution in [0.3, 0.4) is 0 Å². The fourth-order valence-corrected chi connectivity index (χ4v) is 10.8. The van der Waals surface area contributed by atoms with Crippen molar-refractivity contribution in [1.29, 1.82) is 0 Å². The van der Waals surface area contributed by atoms with Gasteiger partial charge in [-0.1, -0.05) is 342 Å². The lowest BCUT2D eigenvalue weighted by Gasteiger charge is -2.19. The van der Waals surface area contributed by atoms with Crippen LogP contribution in [-0.4, -0.2) is 49.3 Å². The monoisotopic (exact) mass is 1360 g/mol. The zero-order valence-corrected chi connectivity index (χ0v) is 62.4. The van der Waals surface area contributed by atoms with Gasteiger partial charge in [0.05, 0.1) is 13.2 Å². The summed E-state index contributed by atoms with van der Waals surface area (Å²) in [5.74, 6) is -0.847. The van der Waals surface area contributed by atoms with Crippen LogP contribution in [0.1, 0.15) is 296 Å². The Balaban J connectivity index is 3.93. The highest BCUT2D eigenvalue weighted by molar-refractivity contribution is 7.47. The van der Waals surface area contributed by atoms with Crippen molar-refractivity contribution in [2.45, 2.75) is 302 Å². The molecule has 0 aliphatic heterocycles. The van der Waals surface area contributed by atoms with E-state index in [0.29, 0.717) is 6.42 Å². The highest BCUT2D eigenvalue weighted by atomic mass is 31.2. The molecule has 0 fully saturated rings. The first kappa shape index (κ1) is 91.6. The van der Waals surface area contributed by atoms with Crippen LogP contribution in [0.5, 0.6) is 0 Å². The Labute approximate surface area is 595 Å². The van der Waals surface area contributed by atoms with E-state index >= 15 is 0 Å². The molecule has 0 spiro atoms. The van der Waals surface area contributed by atoms with Crippen molar-refractivity contribution in [2.24, 2.45) is 5.73 Å². The van der Waals surface area contributed by atoms with Crippen molar-refractivity contribution in [3.63, 3.8) is 0 Å². The van der Waals surface area contributed by atoms with Gasteiger partial charge in [-0.15, -0.1) is 0 Å². The molecule has 0 heterocycles. The first-order valence-corrected chi connectivity index (χ1v) is 40.1. The lowest BCUT2D eigenvalue weighted by molar-refractivity contribution is -0.161. The minimum atomic E-state index is -4.41. The summed E-state index contributed by atoms with van der Waals surface area (Å²) in [5, 5.41) is 0. The number of nitrogens with two attached hydrogens (primary N) is 1. The van der Waals surface area contributed by atoms with Crippen molar-refractivity contribution in [3.05, 3.63) is 207 Å². The highest BCUT2D eigenvalue weighted by Gasteiger charge is 2.26. The Kier molecular flexibility index (Phi) is 75.1. The number of allylic oxidation sites excluding steroid dienone is 34. The standard InChI is InChI=1S/C87H140NO8P/c1-3-5-7-9-11-13-15-17-19-21-23-25-27-29-31-33-35-37-39-40-41-42-43-44-46-47-49-51-53-55-57-59-61-63-65-67-69-71-73-75-77-79-86(89)93-83-85(84-95-97(91,92)94-82-81-88)96-87(90)80-78-76-74-72-70-68-66-64-62-60-58-56-54-52-50-48-45-38-36-34-32-30-28-26-24-22-20-18-16-14-12-10-8-6-4-2/h5-8,11-14,17-20,23-26,29-32,35-38,40-41,43-44,48,50,54,56,60,62,85H,3-4,9-10,15-16,21-22,27-28,33-34,39,42,45-47,49,51-53,55,57-59,61,63-84,88H2,1-2H3,(H,91,92)/b7-5-,8-6-,13-11-,14-12-,19-17-,20-18-,25-23-,26-24-,31-29-,32-30-,37-35-,38-36-,41-40-,44-43-,50-48-,56-54-,62-60-. The SMILES string of the molecule is CC/C=C\C/C=C\C/C=C\C/C=C\C/C=C\C/C=C\C/C=C\C/C=C\C/C=C\CCCCCCCCCC(=O)OC(COC(=O)CCCCCCCCCCCCCCCCCC/C=C\C/C=C\C/C=C\C/C=C\C/C=C\C/C=C\C/C=C\C/C=C\CC)COP(=O)(O)OCCN. The fraction of sp³-hybridized carbons (Fsp3) is 0.586. The molecule has 0 rings (SSSR count). The molecule has 546 valence electrons. The Hall–Kier alpha value is -5.41. The molecule has 0 aromatic rings. The van der Waals surface area contributed by atoms with E-state index in [1.165, 1.54) is 103 Å². The number of rotatable bonds is 70. The quantitative estimate of drug-likeness (QED) is 0.0264. The summed E-state index contributed by atoms with van der Waals surface area (Å²) >= 11 is 0. The Morgan fingerprint density at radius 2 is 0.536 bits per heavy atom. The average molecular weight is 1360 g/mol. The average Bonchev–Trinajstić information content (AvgIpc) is 2.69. The predicted molar refractivity (Wildman–Crippen MR) is 421 cm³/mol. The number of carbonyl (C=O) groups excluding carboxylic acids is 2. The summed E-state index contributed by atoms with van der Waals surface area (Å²) in [4.78, 5) is 35.4. The van der Waals surface area contributed by atoms with Crippen LogP contribution in [0.15, 0.2) is 207 Å². The summed E-state index contributed by atoms with van der Waals surface area (Å²) in [5.41, 5.74) is 5.41. The molecule has 0 aliphatic carbocycles. The van der Waals surface area contributed by atoms with Crippen LogP contribution in [0.4, 0.5) is 0 Å². The minimum absolute atomic E-state index is 0.0425. The van der Waals surface area contributed by atoms with Crippen molar-refractivity contribution < 1.29 is 37.6 Å². The van der Waals surface area contributed by atoms with Crippen LogP contribution in [0.25, 0.3) is 0 Å². The second kappa shape index (κ2) is 79.6. The summed E-state index contributed by atoms with van der Waals surface area (Å²) in [6, 6.07) is 0. The van der Waals surface area contributed by atoms with Crippen LogP contribution >= 0.6 is 7.82 Å². The van der Waals surface area contributed by atoms with Gasteiger partial charge in [-0.2, -0.15) is 0 Å². The molecule has 0 saturated heterocycles. The zero-order valence-electron chi connectivity index (χ0n) is 61.5. The van der Waals surface area contributed by atoms with E-state index in [2.05, 4.69) is 220 Å². The molecule has 97 heavy (non-hydrogen) atoms. The molecule has 0 amide bonds. The number of hydrogen-bond donors (Lipinski definition) is 2. The predicted octanol–water partition coefficient (Wildman–Crippen LogP) is 26.2. The lowest BCUT2D eigenvalue weighted by atomic mass is 10.0. The number of ether oxygens (including phenoxy) is 2. The number of unbranched alkanes of at least 4 members (excludes halogenated alkanes) is 23. The molecular weight excluding hydrogens is 1220 g/mol. The van der Waals surface area contributed by atoms with Gasteiger partial charge in [0, 0.05) is 19.4 Å². The number of hydrogen-bond acceptors (Lipinski definition) is 8. The van der Waals surface area contributed by atoms with Gasteiger partial charge in [-0.05, 0) is 148 Å². The normalized spacial score (nSPS) is 14.1. The van der Waals surface area contributed by atoms with E-state index in [1.54, 1.807) is 0 Å². The highest BCUT2D eigenvalue weighted by Crippen LogP contribution is 2.43. The van der Waals surface area contributed by atoms with Crippen molar-refractivity contribution in [1.82, 2.24) is 0 Å². The molecule has 10 heteroatoms. The van der Waals surface area contributed by atoms with Crippen LogP contribution in [0, 0.1) is 0 Å².